The molecule has 1 aromatic carbocycles. The lowest BCUT2D eigenvalue weighted by Crippen LogP contribution is -2.53. The molecule has 0 bridgehead atoms. The van der Waals surface area contributed by atoms with Gasteiger partial charge in [0.2, 0.25) is 7.37 Å². The van der Waals surface area contributed by atoms with Gasteiger partial charge in [0, 0.05) is 30.7 Å². The van der Waals surface area contributed by atoms with Crippen molar-refractivity contribution in [3.05, 3.63) is 29.8 Å². The molecule has 1 fully saturated rings. The van der Waals surface area contributed by atoms with Gasteiger partial charge in [-0.05, 0) is 43.3 Å². The number of benzene rings is 1. The van der Waals surface area contributed by atoms with Crippen molar-refractivity contribution in [1.82, 2.24) is 4.90 Å². The first-order valence-corrected chi connectivity index (χ1v) is 11.5. The second-order valence-electron chi connectivity index (χ2n) is 6.57. The van der Waals surface area contributed by atoms with Crippen LogP contribution in [0.1, 0.15) is 24.8 Å². The number of unbranched alkanes of at least 4 members (excludes halogenated alkanes) is 1. The van der Waals surface area contributed by atoms with Crippen molar-refractivity contribution in [3.8, 4) is 0 Å². The minimum absolute atomic E-state index is 0.0187. The first kappa shape index (κ1) is 20.5. The van der Waals surface area contributed by atoms with Crippen LogP contribution in [0.25, 0.3) is 0 Å². The number of carboxylic acid groups (broad SMARTS) is 1. The number of aliphatic carboxylic acids is 1. The molecule has 8 heteroatoms. The maximum Gasteiger partial charge on any atom is 0.320 e. The normalized spacial score (nSPS) is 27.3. The van der Waals surface area contributed by atoms with Crippen molar-refractivity contribution >= 4 is 25.1 Å². The summed E-state index contributed by atoms with van der Waals surface area (Å²) < 4.78 is 12.7. The zero-order chi connectivity index (χ0) is 18.5. The van der Waals surface area contributed by atoms with E-state index in [1.165, 1.54) is 4.90 Å². The summed E-state index contributed by atoms with van der Waals surface area (Å²) in [5.41, 5.74) is 6.57. The van der Waals surface area contributed by atoms with Gasteiger partial charge >= 0.3 is 5.97 Å². The van der Waals surface area contributed by atoms with Gasteiger partial charge in [0.15, 0.2) is 5.16 Å². The summed E-state index contributed by atoms with van der Waals surface area (Å²) in [6.45, 7) is 1.58. The molecule has 2 atom stereocenters. The molecule has 2 unspecified atom stereocenters. The average Bonchev–Trinajstić information content (AvgIpc) is 2.58. The summed E-state index contributed by atoms with van der Waals surface area (Å²) in [6.07, 6.45) is 3.43. The molecular formula is C17H27N2O4PS. The van der Waals surface area contributed by atoms with E-state index in [-0.39, 0.29) is 19.1 Å². The predicted molar refractivity (Wildman–Crippen MR) is 101 cm³/mol. The lowest BCUT2D eigenvalue weighted by Gasteiger charge is -2.43. The monoisotopic (exact) mass is 386 g/mol. The Kier molecular flexibility index (Phi) is 7.11. The molecule has 0 saturated carbocycles. The van der Waals surface area contributed by atoms with Crippen molar-refractivity contribution in [2.45, 2.75) is 35.9 Å². The molecule has 140 valence electrons. The van der Waals surface area contributed by atoms with Gasteiger partial charge in [-0.3, -0.25) is 14.3 Å². The smallest absolute Gasteiger partial charge is 0.320 e. The second-order valence-corrected chi connectivity index (χ2v) is 10.2. The molecule has 1 aromatic rings. The van der Waals surface area contributed by atoms with Crippen molar-refractivity contribution < 1.29 is 19.4 Å². The lowest BCUT2D eigenvalue weighted by molar-refractivity contribution is -0.141. The van der Waals surface area contributed by atoms with Crippen LogP contribution >= 0.6 is 19.1 Å². The summed E-state index contributed by atoms with van der Waals surface area (Å²) in [6, 6.07) is 8.12. The third kappa shape index (κ3) is 4.66. The molecule has 4 N–H and O–H groups in total. The standard InChI is InChI=1S/C17H27N2O4PS/c1-25-15-6-4-14(5-7-15)12-19-10-11-24(22,23)17(13-19,16(20)21)8-2-3-9-18/h4-7H,2-3,8-13,18H2,1H3,(H,20,21)(H,22,23). The average molecular weight is 386 g/mol. The van der Waals surface area contributed by atoms with Crippen LogP contribution in [0.5, 0.6) is 0 Å². The SMILES string of the molecule is CSc1ccc(CN2CCP(=O)(O)C(CCCCN)(C(=O)O)C2)cc1. The number of carboxylic acids is 1. The number of rotatable bonds is 8. The van der Waals surface area contributed by atoms with Gasteiger partial charge in [-0.15, -0.1) is 11.8 Å². The fourth-order valence-corrected chi connectivity index (χ4v) is 5.93. The van der Waals surface area contributed by atoms with Crippen LogP contribution in [0.2, 0.25) is 0 Å². The van der Waals surface area contributed by atoms with E-state index >= 15 is 0 Å². The molecule has 0 aliphatic carbocycles. The highest BCUT2D eigenvalue weighted by Crippen LogP contribution is 2.59. The number of nitrogens with zero attached hydrogens (tertiary/aromatic N) is 1. The van der Waals surface area contributed by atoms with E-state index in [4.69, 9.17) is 5.73 Å². The number of hydrogen-bond acceptors (Lipinski definition) is 5. The Morgan fingerprint density at radius 1 is 1.36 bits per heavy atom. The molecular weight excluding hydrogens is 359 g/mol. The summed E-state index contributed by atoms with van der Waals surface area (Å²) in [7, 11) is -3.76. The van der Waals surface area contributed by atoms with Crippen LogP contribution < -0.4 is 5.73 Å². The molecule has 0 amide bonds. The summed E-state index contributed by atoms with van der Waals surface area (Å²) in [5, 5.41) is 8.20. The van der Waals surface area contributed by atoms with Crippen LogP contribution in [0.3, 0.4) is 0 Å². The van der Waals surface area contributed by atoms with Crippen molar-refractivity contribution in [2.75, 3.05) is 32.1 Å². The highest BCUT2D eigenvalue weighted by atomic mass is 32.2. The zero-order valence-electron chi connectivity index (χ0n) is 14.6. The molecule has 25 heavy (non-hydrogen) atoms. The van der Waals surface area contributed by atoms with E-state index in [1.807, 2.05) is 35.4 Å². The third-order valence-electron chi connectivity index (χ3n) is 4.88. The van der Waals surface area contributed by atoms with E-state index < -0.39 is 18.5 Å². The minimum Gasteiger partial charge on any atom is -0.480 e. The van der Waals surface area contributed by atoms with Gasteiger partial charge in [0.25, 0.3) is 0 Å². The van der Waals surface area contributed by atoms with Gasteiger partial charge in [-0.2, -0.15) is 0 Å². The molecule has 6 nitrogen and oxygen atoms in total. The van der Waals surface area contributed by atoms with Crippen molar-refractivity contribution in [1.29, 1.82) is 0 Å². The zero-order valence-corrected chi connectivity index (χ0v) is 16.3. The first-order chi connectivity index (χ1) is 11.8. The second kappa shape index (κ2) is 8.69. The number of nitrogens with two attached hydrogens (primary N) is 1. The van der Waals surface area contributed by atoms with Gasteiger partial charge in [-0.25, -0.2) is 0 Å². The fourth-order valence-electron chi connectivity index (χ4n) is 3.31. The molecule has 1 aliphatic heterocycles. The van der Waals surface area contributed by atoms with E-state index in [9.17, 15) is 19.4 Å². The molecule has 0 radical (unpaired) electrons. The summed E-state index contributed by atoms with van der Waals surface area (Å²) in [5.74, 6) is -1.17. The largest absolute Gasteiger partial charge is 0.480 e. The van der Waals surface area contributed by atoms with Gasteiger partial charge < -0.3 is 15.7 Å². The van der Waals surface area contributed by atoms with Crippen LogP contribution in [0.15, 0.2) is 29.2 Å². The third-order valence-corrected chi connectivity index (χ3v) is 8.32. The Labute approximate surface area is 153 Å². The maximum absolute atomic E-state index is 12.7. The van der Waals surface area contributed by atoms with E-state index in [2.05, 4.69) is 0 Å². The van der Waals surface area contributed by atoms with Crippen LogP contribution in [0.4, 0.5) is 0 Å². The Bertz CT molecular complexity index is 640. The predicted octanol–water partition coefficient (Wildman–Crippen LogP) is 2.45. The topological polar surface area (TPSA) is 104 Å². The molecule has 0 aromatic heterocycles. The molecule has 1 saturated heterocycles. The minimum atomic E-state index is -3.76. The molecule has 1 heterocycles. The number of thioether (sulfide) groups is 1. The highest BCUT2D eigenvalue weighted by molar-refractivity contribution is 7.98. The van der Waals surface area contributed by atoms with E-state index in [0.29, 0.717) is 32.5 Å². The van der Waals surface area contributed by atoms with Gasteiger partial charge in [-0.1, -0.05) is 18.6 Å². The Morgan fingerprint density at radius 2 is 2.04 bits per heavy atom. The lowest BCUT2D eigenvalue weighted by atomic mass is 9.99. The molecule has 0 spiro atoms. The van der Waals surface area contributed by atoms with Crippen LogP contribution in [-0.4, -0.2) is 58.1 Å². The van der Waals surface area contributed by atoms with Crippen LogP contribution in [0, 0.1) is 0 Å². The number of hydrogen-bond donors (Lipinski definition) is 3. The van der Waals surface area contributed by atoms with E-state index in [1.54, 1.807) is 11.8 Å². The van der Waals surface area contributed by atoms with E-state index in [0.717, 1.165) is 5.56 Å². The Balaban J connectivity index is 2.16. The van der Waals surface area contributed by atoms with Crippen molar-refractivity contribution in [3.63, 3.8) is 0 Å². The highest BCUT2D eigenvalue weighted by Gasteiger charge is 2.56. The Hall–Kier alpha value is -0.850. The Morgan fingerprint density at radius 3 is 2.60 bits per heavy atom. The van der Waals surface area contributed by atoms with Gasteiger partial charge in [0.1, 0.15) is 0 Å². The van der Waals surface area contributed by atoms with Crippen molar-refractivity contribution in [2.24, 2.45) is 5.73 Å². The fraction of sp³-hybridized carbons (Fsp3) is 0.588. The maximum atomic E-state index is 12.7. The van der Waals surface area contributed by atoms with Gasteiger partial charge in [0.05, 0.1) is 0 Å². The quantitative estimate of drug-likeness (QED) is 0.358. The number of carbonyl (C=O) groups is 1. The first-order valence-electron chi connectivity index (χ1n) is 8.45. The summed E-state index contributed by atoms with van der Waals surface area (Å²) >= 11 is 1.67. The molecule has 2 rings (SSSR count). The summed E-state index contributed by atoms with van der Waals surface area (Å²) in [4.78, 5) is 25.5. The van der Waals surface area contributed by atoms with Crippen LogP contribution in [-0.2, 0) is 15.9 Å². The molecule has 1 aliphatic rings.